The number of hydrogen-bond acceptors (Lipinski definition) is 4. The van der Waals surface area contributed by atoms with Crippen LogP contribution in [0.5, 0.6) is 0 Å². The highest BCUT2D eigenvalue weighted by Gasteiger charge is 2.35. The molecule has 1 saturated heterocycles. The number of hydrogen-bond donors (Lipinski definition) is 1. The number of nitrogens with zero attached hydrogens (tertiary/aromatic N) is 2. The van der Waals surface area contributed by atoms with Crippen molar-refractivity contribution in [3.8, 4) is 0 Å². The van der Waals surface area contributed by atoms with Crippen molar-refractivity contribution in [2.24, 2.45) is 5.92 Å². The molecule has 2 heterocycles. The number of nitrogens with one attached hydrogen (secondary N) is 1. The second-order valence-electron chi connectivity index (χ2n) is 7.12. The largest absolute Gasteiger partial charge is 0.440 e. The summed E-state index contributed by atoms with van der Waals surface area (Å²) >= 11 is 0. The van der Waals surface area contributed by atoms with E-state index < -0.39 is 0 Å². The van der Waals surface area contributed by atoms with Crippen molar-refractivity contribution in [2.75, 3.05) is 16.8 Å². The van der Waals surface area contributed by atoms with Gasteiger partial charge in [-0.25, -0.2) is 4.98 Å². The number of rotatable bonds is 4. The zero-order valence-corrected chi connectivity index (χ0v) is 15.3. The molecule has 1 atom stereocenters. The second kappa shape index (κ2) is 6.87. The van der Waals surface area contributed by atoms with E-state index in [4.69, 9.17) is 4.42 Å². The molecule has 0 spiro atoms. The summed E-state index contributed by atoms with van der Waals surface area (Å²) in [5.74, 6) is 0.304. The Balaban J connectivity index is 1.48. The maximum atomic E-state index is 12.7. The van der Waals surface area contributed by atoms with Gasteiger partial charge in [0.1, 0.15) is 5.52 Å². The Morgan fingerprint density at radius 2 is 2.00 bits per heavy atom. The second-order valence-corrected chi connectivity index (χ2v) is 7.12. The first-order chi connectivity index (χ1) is 13.0. The molecule has 0 saturated carbocycles. The average molecular weight is 363 g/mol. The van der Waals surface area contributed by atoms with E-state index in [0.29, 0.717) is 29.2 Å². The van der Waals surface area contributed by atoms with Crippen LogP contribution in [0.2, 0.25) is 0 Å². The maximum absolute atomic E-state index is 12.7. The van der Waals surface area contributed by atoms with E-state index in [2.05, 4.69) is 10.3 Å². The van der Waals surface area contributed by atoms with E-state index in [0.717, 1.165) is 5.69 Å². The summed E-state index contributed by atoms with van der Waals surface area (Å²) in [7, 11) is 0. The number of amides is 2. The van der Waals surface area contributed by atoms with Gasteiger partial charge in [-0.1, -0.05) is 32.0 Å². The Bertz CT molecular complexity index is 994. The van der Waals surface area contributed by atoms with Crippen LogP contribution >= 0.6 is 0 Å². The standard InChI is InChI=1S/C21H21N3O3/c1-13(2)21-23-17-11-15(8-9-18(17)27-21)22-20(26)14-10-19(25)24(12-14)16-6-4-3-5-7-16/h3-9,11,13-14H,10,12H2,1-2H3,(H,22,26). The van der Waals surface area contributed by atoms with E-state index >= 15 is 0 Å². The smallest absolute Gasteiger partial charge is 0.229 e. The Morgan fingerprint density at radius 1 is 1.22 bits per heavy atom. The number of benzene rings is 2. The third kappa shape index (κ3) is 3.43. The van der Waals surface area contributed by atoms with Crippen molar-refractivity contribution in [3.05, 3.63) is 54.4 Å². The number of fused-ring (bicyclic) bond motifs is 1. The lowest BCUT2D eigenvalue weighted by Gasteiger charge is -2.16. The normalized spacial score (nSPS) is 17.1. The number of carbonyl (C=O) groups is 2. The first-order valence-electron chi connectivity index (χ1n) is 9.08. The van der Waals surface area contributed by atoms with Crippen LogP contribution in [0.25, 0.3) is 11.1 Å². The number of anilines is 2. The lowest BCUT2D eigenvalue weighted by molar-refractivity contribution is -0.122. The van der Waals surface area contributed by atoms with Crippen LogP contribution in [0.1, 0.15) is 32.1 Å². The third-order valence-corrected chi connectivity index (χ3v) is 4.73. The summed E-state index contributed by atoms with van der Waals surface area (Å²) in [5.41, 5.74) is 2.89. The fourth-order valence-electron chi connectivity index (χ4n) is 3.25. The van der Waals surface area contributed by atoms with Crippen molar-refractivity contribution in [2.45, 2.75) is 26.2 Å². The van der Waals surface area contributed by atoms with Crippen LogP contribution in [-0.4, -0.2) is 23.3 Å². The molecule has 1 aromatic heterocycles. The number of oxazole rings is 1. The molecule has 2 amide bonds. The van der Waals surface area contributed by atoms with Crippen LogP contribution in [0.4, 0.5) is 11.4 Å². The van der Waals surface area contributed by atoms with E-state index in [9.17, 15) is 9.59 Å². The molecule has 6 heteroatoms. The number of carbonyl (C=O) groups excluding carboxylic acids is 2. The first-order valence-corrected chi connectivity index (χ1v) is 9.08. The fourth-order valence-corrected chi connectivity index (χ4v) is 3.25. The van der Waals surface area contributed by atoms with Crippen molar-refractivity contribution in [1.82, 2.24) is 4.98 Å². The Morgan fingerprint density at radius 3 is 2.74 bits per heavy atom. The molecule has 1 fully saturated rings. The summed E-state index contributed by atoms with van der Waals surface area (Å²) in [5, 5.41) is 2.91. The molecule has 1 unspecified atom stereocenters. The van der Waals surface area contributed by atoms with Gasteiger partial charge in [-0.05, 0) is 30.3 Å². The van der Waals surface area contributed by atoms with E-state index in [1.807, 2.05) is 44.2 Å². The van der Waals surface area contributed by atoms with Gasteiger partial charge in [0.2, 0.25) is 11.8 Å². The molecule has 27 heavy (non-hydrogen) atoms. The monoisotopic (exact) mass is 363 g/mol. The van der Waals surface area contributed by atoms with Crippen LogP contribution in [0.15, 0.2) is 52.9 Å². The number of aromatic nitrogens is 1. The Kier molecular flexibility index (Phi) is 4.39. The van der Waals surface area contributed by atoms with E-state index in [-0.39, 0.29) is 30.1 Å². The minimum absolute atomic E-state index is 0.0325. The first kappa shape index (κ1) is 17.3. The topological polar surface area (TPSA) is 75.4 Å². The van der Waals surface area contributed by atoms with Crippen molar-refractivity contribution in [3.63, 3.8) is 0 Å². The van der Waals surface area contributed by atoms with Gasteiger partial charge in [-0.3, -0.25) is 9.59 Å². The summed E-state index contributed by atoms with van der Waals surface area (Å²) in [4.78, 5) is 31.1. The Labute approximate surface area is 157 Å². The number of para-hydroxylation sites is 1. The fraction of sp³-hybridized carbons (Fsp3) is 0.286. The molecule has 0 bridgehead atoms. The molecule has 6 nitrogen and oxygen atoms in total. The van der Waals surface area contributed by atoms with Crippen LogP contribution in [-0.2, 0) is 9.59 Å². The minimum Gasteiger partial charge on any atom is -0.440 e. The van der Waals surface area contributed by atoms with Crippen molar-refractivity contribution < 1.29 is 14.0 Å². The van der Waals surface area contributed by atoms with Gasteiger partial charge in [0.05, 0.1) is 5.92 Å². The maximum Gasteiger partial charge on any atom is 0.229 e. The highest BCUT2D eigenvalue weighted by atomic mass is 16.3. The molecule has 0 aliphatic carbocycles. The zero-order valence-electron chi connectivity index (χ0n) is 15.3. The molecule has 2 aromatic carbocycles. The lowest BCUT2D eigenvalue weighted by Crippen LogP contribution is -2.28. The van der Waals surface area contributed by atoms with Crippen LogP contribution in [0, 0.1) is 5.92 Å². The molecular formula is C21H21N3O3. The molecular weight excluding hydrogens is 342 g/mol. The summed E-state index contributed by atoms with van der Waals surface area (Å²) in [6.07, 6.45) is 0.213. The van der Waals surface area contributed by atoms with Crippen molar-refractivity contribution >= 4 is 34.3 Å². The molecule has 0 radical (unpaired) electrons. The molecule has 1 N–H and O–H groups in total. The SMILES string of the molecule is CC(C)c1nc2cc(NC(=O)C3CC(=O)N(c4ccccc4)C3)ccc2o1. The van der Waals surface area contributed by atoms with Gasteiger partial charge in [0.15, 0.2) is 11.5 Å². The minimum atomic E-state index is -0.378. The Hall–Kier alpha value is -3.15. The average Bonchev–Trinajstić information content (AvgIpc) is 3.26. The lowest BCUT2D eigenvalue weighted by atomic mass is 10.1. The van der Waals surface area contributed by atoms with Gasteiger partial charge in [-0.15, -0.1) is 0 Å². The van der Waals surface area contributed by atoms with Gasteiger partial charge in [0.25, 0.3) is 0 Å². The predicted octanol–water partition coefficient (Wildman–Crippen LogP) is 3.94. The van der Waals surface area contributed by atoms with Gasteiger partial charge in [0, 0.05) is 30.3 Å². The molecule has 1 aliphatic rings. The summed E-state index contributed by atoms with van der Waals surface area (Å²) in [6.45, 7) is 4.42. The van der Waals surface area contributed by atoms with Crippen LogP contribution < -0.4 is 10.2 Å². The highest BCUT2D eigenvalue weighted by molar-refractivity contribution is 6.03. The molecule has 4 rings (SSSR count). The van der Waals surface area contributed by atoms with Gasteiger partial charge >= 0.3 is 0 Å². The van der Waals surface area contributed by atoms with E-state index in [1.54, 1.807) is 23.1 Å². The third-order valence-electron chi connectivity index (χ3n) is 4.73. The molecule has 1 aliphatic heterocycles. The molecule has 138 valence electrons. The van der Waals surface area contributed by atoms with Crippen molar-refractivity contribution in [1.29, 1.82) is 0 Å². The van der Waals surface area contributed by atoms with Gasteiger partial charge in [-0.2, -0.15) is 0 Å². The zero-order chi connectivity index (χ0) is 19.0. The quantitative estimate of drug-likeness (QED) is 0.762. The van der Waals surface area contributed by atoms with Gasteiger partial charge < -0.3 is 14.6 Å². The summed E-state index contributed by atoms with van der Waals surface area (Å²) in [6, 6.07) is 14.8. The predicted molar refractivity (Wildman–Crippen MR) is 104 cm³/mol. The van der Waals surface area contributed by atoms with E-state index in [1.165, 1.54) is 0 Å². The highest BCUT2D eigenvalue weighted by Crippen LogP contribution is 2.27. The van der Waals surface area contributed by atoms with Crippen LogP contribution in [0.3, 0.4) is 0 Å². The molecule has 3 aromatic rings. The summed E-state index contributed by atoms with van der Waals surface area (Å²) < 4.78 is 5.69.